The zero-order chi connectivity index (χ0) is 25.5. The largest absolute Gasteiger partial charge is 0.490 e. The van der Waals surface area contributed by atoms with Crippen molar-refractivity contribution in [3.63, 3.8) is 0 Å². The lowest BCUT2D eigenvalue weighted by Gasteiger charge is -2.26. The van der Waals surface area contributed by atoms with Crippen LogP contribution in [0.15, 0.2) is 82.8 Å². The van der Waals surface area contributed by atoms with Crippen molar-refractivity contribution in [1.29, 1.82) is 0 Å². The molecule has 1 N–H and O–H groups in total. The Kier molecular flexibility index (Phi) is 8.02. The maximum Gasteiger partial charge on any atom is 0.335 e. The van der Waals surface area contributed by atoms with Crippen LogP contribution in [0.5, 0.6) is 17.2 Å². The first-order chi connectivity index (χ1) is 17.5. The zero-order valence-corrected chi connectivity index (χ0v) is 21.0. The number of amides is 4. The van der Waals surface area contributed by atoms with Crippen molar-refractivity contribution >= 4 is 45.5 Å². The normalized spacial score (nSPS) is 14.6. The van der Waals surface area contributed by atoms with Gasteiger partial charge in [-0.25, -0.2) is 9.69 Å². The fraction of sp³-hybridized carbons (Fsp3) is 0.148. The number of imide groups is 2. The third kappa shape index (κ3) is 5.92. The second kappa shape index (κ2) is 11.5. The Labute approximate surface area is 216 Å². The Balaban J connectivity index is 1.51. The van der Waals surface area contributed by atoms with Crippen molar-refractivity contribution in [3.05, 3.63) is 88.4 Å². The molecule has 3 aromatic carbocycles. The molecule has 1 heterocycles. The second-order valence-corrected chi connectivity index (χ2v) is 8.50. The summed E-state index contributed by atoms with van der Waals surface area (Å²) in [7, 11) is 0. The number of barbiturate groups is 1. The number of nitrogens with one attached hydrogen (secondary N) is 1. The van der Waals surface area contributed by atoms with E-state index >= 15 is 0 Å². The Morgan fingerprint density at radius 1 is 0.861 bits per heavy atom. The van der Waals surface area contributed by atoms with Crippen LogP contribution in [0.1, 0.15) is 12.5 Å². The molecule has 1 fully saturated rings. The highest BCUT2D eigenvalue weighted by molar-refractivity contribution is 9.10. The number of carbonyl (C=O) groups is 3. The first-order valence-corrected chi connectivity index (χ1v) is 12.0. The first kappa shape index (κ1) is 25.0. The summed E-state index contributed by atoms with van der Waals surface area (Å²) >= 11 is 3.32. The van der Waals surface area contributed by atoms with Gasteiger partial charge in [-0.2, -0.15) is 0 Å². The van der Waals surface area contributed by atoms with Crippen LogP contribution in [0.3, 0.4) is 0 Å². The molecule has 0 atom stereocenters. The van der Waals surface area contributed by atoms with Gasteiger partial charge in [0.2, 0.25) is 0 Å². The van der Waals surface area contributed by atoms with Gasteiger partial charge >= 0.3 is 6.03 Å². The van der Waals surface area contributed by atoms with Crippen molar-refractivity contribution in [2.75, 3.05) is 24.7 Å². The number of para-hydroxylation sites is 1. The van der Waals surface area contributed by atoms with Gasteiger partial charge in [0, 0.05) is 4.47 Å². The molecule has 0 radical (unpaired) electrons. The van der Waals surface area contributed by atoms with Crippen LogP contribution in [0.4, 0.5) is 10.5 Å². The van der Waals surface area contributed by atoms with E-state index in [1.165, 1.54) is 6.08 Å². The molecule has 1 saturated heterocycles. The molecule has 0 bridgehead atoms. The maximum absolute atomic E-state index is 13.1. The molecule has 0 aliphatic carbocycles. The van der Waals surface area contributed by atoms with Gasteiger partial charge in [-0.05, 0) is 67.1 Å². The number of rotatable bonds is 9. The number of carbonyl (C=O) groups excluding carboxylic acids is 3. The van der Waals surface area contributed by atoms with Crippen LogP contribution in [-0.2, 0) is 9.59 Å². The molecule has 0 unspecified atom stereocenters. The lowest BCUT2D eigenvalue weighted by molar-refractivity contribution is -0.122. The molecular formula is C27H23BrN2O6. The van der Waals surface area contributed by atoms with Crippen LogP contribution < -0.4 is 24.4 Å². The topological polar surface area (TPSA) is 94.2 Å². The second-order valence-electron chi connectivity index (χ2n) is 7.58. The average Bonchev–Trinajstić information content (AvgIpc) is 2.87. The van der Waals surface area contributed by atoms with Gasteiger partial charge in [0.05, 0.1) is 12.3 Å². The first-order valence-electron chi connectivity index (χ1n) is 11.2. The summed E-state index contributed by atoms with van der Waals surface area (Å²) < 4.78 is 18.0. The summed E-state index contributed by atoms with van der Waals surface area (Å²) in [6.45, 7) is 2.87. The molecule has 3 aromatic rings. The van der Waals surface area contributed by atoms with Crippen molar-refractivity contribution < 1.29 is 28.6 Å². The van der Waals surface area contributed by atoms with E-state index in [2.05, 4.69) is 21.2 Å². The quantitative estimate of drug-likeness (QED) is 0.229. The molecule has 8 nitrogen and oxygen atoms in total. The highest BCUT2D eigenvalue weighted by Gasteiger charge is 2.36. The average molecular weight is 551 g/mol. The molecule has 184 valence electrons. The predicted molar refractivity (Wildman–Crippen MR) is 138 cm³/mol. The van der Waals surface area contributed by atoms with E-state index in [-0.39, 0.29) is 5.57 Å². The summed E-state index contributed by atoms with van der Waals surface area (Å²) in [6.07, 6.45) is 1.42. The number of halogens is 1. The van der Waals surface area contributed by atoms with E-state index in [0.29, 0.717) is 42.6 Å². The molecule has 4 rings (SSSR count). The van der Waals surface area contributed by atoms with E-state index in [4.69, 9.17) is 14.2 Å². The number of ether oxygens (including phenoxy) is 3. The van der Waals surface area contributed by atoms with Crippen molar-refractivity contribution in [2.45, 2.75) is 6.92 Å². The predicted octanol–water partition coefficient (Wildman–Crippen LogP) is 4.97. The van der Waals surface area contributed by atoms with Gasteiger partial charge in [0.25, 0.3) is 11.8 Å². The monoisotopic (exact) mass is 550 g/mol. The third-order valence-electron chi connectivity index (χ3n) is 5.12. The minimum Gasteiger partial charge on any atom is -0.490 e. The van der Waals surface area contributed by atoms with E-state index in [0.717, 1.165) is 15.1 Å². The van der Waals surface area contributed by atoms with Gasteiger partial charge in [-0.15, -0.1) is 0 Å². The van der Waals surface area contributed by atoms with Crippen LogP contribution in [0.25, 0.3) is 6.08 Å². The summed E-state index contributed by atoms with van der Waals surface area (Å²) in [5, 5.41) is 2.22. The van der Waals surface area contributed by atoms with Crippen molar-refractivity contribution in [2.24, 2.45) is 0 Å². The molecule has 9 heteroatoms. The summed E-state index contributed by atoms with van der Waals surface area (Å²) in [5.74, 6) is 0.217. The zero-order valence-electron chi connectivity index (χ0n) is 19.4. The van der Waals surface area contributed by atoms with Gasteiger partial charge < -0.3 is 14.2 Å². The number of hydrogen-bond acceptors (Lipinski definition) is 6. The fourth-order valence-electron chi connectivity index (χ4n) is 3.48. The van der Waals surface area contributed by atoms with Crippen LogP contribution in [0.2, 0.25) is 0 Å². The highest BCUT2D eigenvalue weighted by atomic mass is 79.9. The SMILES string of the molecule is CCOc1cc(C=C2C(=O)NC(=O)N(c3ccc(Br)cc3)C2=O)ccc1OCCOc1ccccc1. The molecule has 0 spiro atoms. The standard InChI is InChI=1S/C27H23BrN2O6/c1-2-34-24-17-18(8-13-23(24)36-15-14-35-21-6-4-3-5-7-21)16-22-25(31)29-27(33)30(26(22)32)20-11-9-19(28)10-12-20/h3-13,16-17H,2,14-15H2,1H3,(H,29,31,33). The molecule has 1 aliphatic rings. The van der Waals surface area contributed by atoms with Gasteiger partial charge in [0.1, 0.15) is 24.5 Å². The number of nitrogens with zero attached hydrogens (tertiary/aromatic N) is 1. The molecule has 0 aromatic heterocycles. The third-order valence-corrected chi connectivity index (χ3v) is 5.65. The van der Waals surface area contributed by atoms with Crippen molar-refractivity contribution in [1.82, 2.24) is 5.32 Å². The van der Waals surface area contributed by atoms with E-state index < -0.39 is 17.8 Å². The lowest BCUT2D eigenvalue weighted by Crippen LogP contribution is -2.54. The minimum absolute atomic E-state index is 0.176. The van der Waals surface area contributed by atoms with Gasteiger partial charge in [0.15, 0.2) is 11.5 Å². The minimum atomic E-state index is -0.805. The van der Waals surface area contributed by atoms with E-state index in [9.17, 15) is 14.4 Å². The van der Waals surface area contributed by atoms with Crippen LogP contribution >= 0.6 is 15.9 Å². The Bertz CT molecular complexity index is 1290. The number of hydrogen-bond donors (Lipinski definition) is 1. The lowest BCUT2D eigenvalue weighted by atomic mass is 10.1. The van der Waals surface area contributed by atoms with Crippen molar-refractivity contribution in [3.8, 4) is 17.2 Å². The number of urea groups is 1. The van der Waals surface area contributed by atoms with E-state index in [1.54, 1.807) is 42.5 Å². The van der Waals surface area contributed by atoms with Gasteiger partial charge in [-0.3, -0.25) is 14.9 Å². The molecule has 1 aliphatic heterocycles. The maximum atomic E-state index is 13.1. The summed E-state index contributed by atoms with van der Waals surface area (Å²) in [5.41, 5.74) is 0.704. The molecule has 4 amide bonds. The number of benzene rings is 3. The number of anilines is 1. The summed E-state index contributed by atoms with van der Waals surface area (Å²) in [4.78, 5) is 38.9. The van der Waals surface area contributed by atoms with E-state index in [1.807, 2.05) is 37.3 Å². The molecule has 0 saturated carbocycles. The van der Waals surface area contributed by atoms with Crippen LogP contribution in [0, 0.1) is 0 Å². The van der Waals surface area contributed by atoms with Crippen LogP contribution in [-0.4, -0.2) is 37.7 Å². The Hall–Kier alpha value is -4.11. The van der Waals surface area contributed by atoms with Gasteiger partial charge in [-0.1, -0.05) is 40.2 Å². The Morgan fingerprint density at radius 3 is 2.31 bits per heavy atom. The fourth-order valence-corrected chi connectivity index (χ4v) is 3.74. The Morgan fingerprint density at radius 2 is 1.58 bits per heavy atom. The molecular weight excluding hydrogens is 528 g/mol. The highest BCUT2D eigenvalue weighted by Crippen LogP contribution is 2.30. The molecule has 36 heavy (non-hydrogen) atoms. The smallest absolute Gasteiger partial charge is 0.335 e. The summed E-state index contributed by atoms with van der Waals surface area (Å²) in [6, 6.07) is 20.3.